The van der Waals surface area contributed by atoms with Crippen molar-refractivity contribution >= 4 is 6.29 Å². The second-order valence-electron chi connectivity index (χ2n) is 1.73. The molecule has 0 aromatic carbocycles. The SMILES string of the molecule is CCN/C(C)=C(\N)C=O. The molecule has 0 saturated heterocycles. The van der Waals surface area contributed by atoms with E-state index in [9.17, 15) is 4.79 Å². The highest BCUT2D eigenvalue weighted by molar-refractivity contribution is 5.72. The summed E-state index contributed by atoms with van der Waals surface area (Å²) in [6.45, 7) is 4.51. The largest absolute Gasteiger partial charge is 0.395 e. The minimum absolute atomic E-state index is 0.275. The maximum Gasteiger partial charge on any atom is 0.167 e. The molecule has 3 heteroatoms. The smallest absolute Gasteiger partial charge is 0.167 e. The summed E-state index contributed by atoms with van der Waals surface area (Å²) in [6.07, 6.45) is 0.637. The number of allylic oxidation sites excluding steroid dienone is 2. The van der Waals surface area contributed by atoms with Gasteiger partial charge in [-0.2, -0.15) is 0 Å². The topological polar surface area (TPSA) is 55.1 Å². The second kappa shape index (κ2) is 3.95. The van der Waals surface area contributed by atoms with E-state index in [1.54, 1.807) is 6.92 Å². The summed E-state index contributed by atoms with van der Waals surface area (Å²) in [7, 11) is 0. The predicted octanol–water partition coefficient (Wildman–Crippen LogP) is -0.0150. The fourth-order valence-electron chi connectivity index (χ4n) is 0.456. The van der Waals surface area contributed by atoms with Crippen LogP contribution in [0.5, 0.6) is 0 Å². The number of nitrogens with one attached hydrogen (secondary N) is 1. The molecule has 0 bridgehead atoms. The van der Waals surface area contributed by atoms with Crippen LogP contribution in [0.3, 0.4) is 0 Å². The summed E-state index contributed by atoms with van der Waals surface area (Å²) in [5, 5.41) is 2.92. The lowest BCUT2D eigenvalue weighted by atomic mass is 10.4. The van der Waals surface area contributed by atoms with Gasteiger partial charge in [0.1, 0.15) is 0 Å². The highest BCUT2D eigenvalue weighted by atomic mass is 16.1. The van der Waals surface area contributed by atoms with Gasteiger partial charge in [-0.15, -0.1) is 0 Å². The Bertz CT molecular complexity index is 129. The van der Waals surface area contributed by atoms with Crippen LogP contribution in [0.1, 0.15) is 13.8 Å². The van der Waals surface area contributed by atoms with Gasteiger partial charge in [-0.05, 0) is 13.8 Å². The quantitative estimate of drug-likeness (QED) is 0.415. The number of aldehydes is 1. The molecule has 52 valence electrons. The van der Waals surface area contributed by atoms with E-state index in [0.717, 1.165) is 12.2 Å². The van der Waals surface area contributed by atoms with Gasteiger partial charge in [0.2, 0.25) is 0 Å². The highest BCUT2D eigenvalue weighted by Crippen LogP contribution is 1.87. The molecule has 3 N–H and O–H groups in total. The first-order valence-electron chi connectivity index (χ1n) is 2.87. The first kappa shape index (κ1) is 8.01. The van der Waals surface area contributed by atoms with Crippen molar-refractivity contribution in [1.82, 2.24) is 5.32 Å². The van der Waals surface area contributed by atoms with E-state index in [1.165, 1.54) is 0 Å². The van der Waals surface area contributed by atoms with Gasteiger partial charge in [0.15, 0.2) is 6.29 Å². The van der Waals surface area contributed by atoms with Crippen LogP contribution in [0.15, 0.2) is 11.4 Å². The molecule has 9 heavy (non-hydrogen) atoms. The van der Waals surface area contributed by atoms with Crippen LogP contribution in [0.2, 0.25) is 0 Å². The van der Waals surface area contributed by atoms with Crippen molar-refractivity contribution in [3.05, 3.63) is 11.4 Å². The van der Waals surface area contributed by atoms with Crippen molar-refractivity contribution < 1.29 is 4.79 Å². The van der Waals surface area contributed by atoms with Crippen LogP contribution in [-0.4, -0.2) is 12.8 Å². The van der Waals surface area contributed by atoms with Crippen LogP contribution in [0.25, 0.3) is 0 Å². The molecule has 0 radical (unpaired) electrons. The van der Waals surface area contributed by atoms with Gasteiger partial charge in [0.05, 0.1) is 5.70 Å². The number of hydrogen-bond acceptors (Lipinski definition) is 3. The summed E-state index contributed by atoms with van der Waals surface area (Å²) < 4.78 is 0. The third-order valence-corrected chi connectivity index (χ3v) is 1.00. The molecule has 0 fully saturated rings. The van der Waals surface area contributed by atoms with Gasteiger partial charge in [0, 0.05) is 12.2 Å². The van der Waals surface area contributed by atoms with E-state index >= 15 is 0 Å². The number of hydrogen-bond donors (Lipinski definition) is 2. The standard InChI is InChI=1S/C6H12N2O/c1-3-8-5(2)6(7)4-9/h4,8H,3,7H2,1-2H3/b6-5-. The van der Waals surface area contributed by atoms with Crippen LogP contribution in [0, 0.1) is 0 Å². The summed E-state index contributed by atoms with van der Waals surface area (Å²) in [4.78, 5) is 10.00. The molecule has 0 aromatic heterocycles. The summed E-state index contributed by atoms with van der Waals surface area (Å²) in [5.74, 6) is 0. The zero-order valence-corrected chi connectivity index (χ0v) is 5.77. The molecule has 3 nitrogen and oxygen atoms in total. The van der Waals surface area contributed by atoms with Crippen LogP contribution >= 0.6 is 0 Å². The Kier molecular flexibility index (Phi) is 3.51. The Morgan fingerprint density at radius 1 is 1.78 bits per heavy atom. The van der Waals surface area contributed by atoms with Gasteiger partial charge in [-0.25, -0.2) is 0 Å². The summed E-state index contributed by atoms with van der Waals surface area (Å²) in [5.41, 5.74) is 6.27. The van der Waals surface area contributed by atoms with E-state index < -0.39 is 0 Å². The third-order valence-electron chi connectivity index (χ3n) is 1.00. The second-order valence-corrected chi connectivity index (χ2v) is 1.73. The summed E-state index contributed by atoms with van der Waals surface area (Å²) >= 11 is 0. The van der Waals surface area contributed by atoms with Gasteiger partial charge >= 0.3 is 0 Å². The van der Waals surface area contributed by atoms with E-state index in [1.807, 2.05) is 6.92 Å². The monoisotopic (exact) mass is 128 g/mol. The highest BCUT2D eigenvalue weighted by Gasteiger charge is 1.90. The van der Waals surface area contributed by atoms with Crippen LogP contribution < -0.4 is 11.1 Å². The molecule has 0 heterocycles. The maximum absolute atomic E-state index is 10.00. The Balaban J connectivity index is 3.93. The zero-order valence-electron chi connectivity index (χ0n) is 5.77. The maximum atomic E-state index is 10.00. The number of rotatable bonds is 3. The predicted molar refractivity (Wildman–Crippen MR) is 36.6 cm³/mol. The van der Waals surface area contributed by atoms with Crippen molar-refractivity contribution in [2.75, 3.05) is 6.54 Å². The van der Waals surface area contributed by atoms with Gasteiger partial charge in [-0.1, -0.05) is 0 Å². The van der Waals surface area contributed by atoms with Crippen molar-refractivity contribution in [3.8, 4) is 0 Å². The van der Waals surface area contributed by atoms with Gasteiger partial charge in [-0.3, -0.25) is 4.79 Å². The minimum atomic E-state index is 0.275. The Labute approximate surface area is 54.9 Å². The number of carbonyl (C=O) groups excluding carboxylic acids is 1. The molecule has 0 spiro atoms. The molecule has 0 atom stereocenters. The first-order chi connectivity index (χ1) is 4.22. The number of nitrogens with two attached hydrogens (primary N) is 1. The Hall–Kier alpha value is -0.990. The van der Waals surface area contributed by atoms with E-state index in [2.05, 4.69) is 5.32 Å². The Morgan fingerprint density at radius 3 is 2.67 bits per heavy atom. The molecule has 0 aliphatic heterocycles. The third kappa shape index (κ3) is 2.74. The molecular formula is C6H12N2O. The van der Waals surface area contributed by atoms with E-state index in [-0.39, 0.29) is 5.70 Å². The van der Waals surface area contributed by atoms with Crippen molar-refractivity contribution in [2.24, 2.45) is 5.73 Å². The van der Waals surface area contributed by atoms with Crippen molar-refractivity contribution in [2.45, 2.75) is 13.8 Å². The number of carbonyl (C=O) groups is 1. The van der Waals surface area contributed by atoms with Crippen LogP contribution in [0.4, 0.5) is 0 Å². The Morgan fingerprint density at radius 2 is 2.33 bits per heavy atom. The van der Waals surface area contributed by atoms with Crippen molar-refractivity contribution in [1.29, 1.82) is 0 Å². The van der Waals surface area contributed by atoms with Crippen molar-refractivity contribution in [3.63, 3.8) is 0 Å². The lowest BCUT2D eigenvalue weighted by Gasteiger charge is -2.02. The normalized spacial score (nSPS) is 12.2. The molecule has 0 unspecified atom stereocenters. The minimum Gasteiger partial charge on any atom is -0.395 e. The van der Waals surface area contributed by atoms with Gasteiger partial charge in [0.25, 0.3) is 0 Å². The summed E-state index contributed by atoms with van der Waals surface area (Å²) in [6, 6.07) is 0. The average Bonchev–Trinajstić information content (AvgIpc) is 1.87. The lowest BCUT2D eigenvalue weighted by Crippen LogP contribution is -2.16. The molecule has 0 aliphatic rings. The fourth-order valence-corrected chi connectivity index (χ4v) is 0.456. The molecule has 0 aliphatic carbocycles. The molecule has 0 amide bonds. The van der Waals surface area contributed by atoms with E-state index in [4.69, 9.17) is 5.73 Å². The van der Waals surface area contributed by atoms with E-state index in [0.29, 0.717) is 6.29 Å². The zero-order chi connectivity index (χ0) is 7.28. The average molecular weight is 128 g/mol. The van der Waals surface area contributed by atoms with Gasteiger partial charge < -0.3 is 11.1 Å². The molecule has 0 aromatic rings. The fraction of sp³-hybridized carbons (Fsp3) is 0.500. The lowest BCUT2D eigenvalue weighted by molar-refractivity contribution is -0.105. The molecular weight excluding hydrogens is 116 g/mol. The molecule has 0 saturated carbocycles. The molecule has 0 rings (SSSR count). The first-order valence-corrected chi connectivity index (χ1v) is 2.87. The van der Waals surface area contributed by atoms with Crippen LogP contribution in [-0.2, 0) is 4.79 Å².